The standard InChI is InChI=1S/C26H28N6O/c1-20-11-12-22(17-29-20)16-23-18-30-26(31-25(23)33)28-14-7-15-32(24-10-5-6-13-27-24)19-21-8-3-2-4-9-21/h2-6,8-13,17-18H,7,14-16,19H2,1H3,(H2,28,30,31,33). The lowest BCUT2D eigenvalue weighted by Crippen LogP contribution is -2.26. The van der Waals surface area contributed by atoms with Crippen LogP contribution in [0.2, 0.25) is 0 Å². The second-order valence-corrected chi connectivity index (χ2v) is 7.95. The van der Waals surface area contributed by atoms with Crippen LogP contribution in [-0.2, 0) is 13.0 Å². The minimum atomic E-state index is -0.132. The molecule has 2 N–H and O–H groups in total. The van der Waals surface area contributed by atoms with E-state index in [0.717, 1.165) is 36.6 Å². The van der Waals surface area contributed by atoms with Crippen LogP contribution in [0, 0.1) is 6.92 Å². The van der Waals surface area contributed by atoms with E-state index in [2.05, 4.69) is 54.4 Å². The van der Waals surface area contributed by atoms with Gasteiger partial charge in [-0.25, -0.2) is 9.97 Å². The first-order valence-electron chi connectivity index (χ1n) is 11.1. The molecule has 7 heteroatoms. The number of nitrogens with one attached hydrogen (secondary N) is 2. The first-order valence-corrected chi connectivity index (χ1v) is 11.1. The number of nitrogens with zero attached hydrogens (tertiary/aromatic N) is 4. The van der Waals surface area contributed by atoms with Crippen LogP contribution >= 0.6 is 0 Å². The highest BCUT2D eigenvalue weighted by Crippen LogP contribution is 2.14. The van der Waals surface area contributed by atoms with E-state index in [-0.39, 0.29) is 5.56 Å². The van der Waals surface area contributed by atoms with Gasteiger partial charge in [0.2, 0.25) is 5.95 Å². The summed E-state index contributed by atoms with van der Waals surface area (Å²) in [7, 11) is 0. The minimum absolute atomic E-state index is 0.132. The van der Waals surface area contributed by atoms with Gasteiger partial charge in [-0.15, -0.1) is 0 Å². The third kappa shape index (κ3) is 6.49. The van der Waals surface area contributed by atoms with Gasteiger partial charge in [-0.05, 0) is 42.7 Å². The van der Waals surface area contributed by atoms with Crippen molar-refractivity contribution in [2.24, 2.45) is 0 Å². The van der Waals surface area contributed by atoms with E-state index in [1.807, 2.05) is 49.5 Å². The van der Waals surface area contributed by atoms with Crippen LogP contribution in [0.25, 0.3) is 0 Å². The lowest BCUT2D eigenvalue weighted by atomic mass is 10.1. The summed E-state index contributed by atoms with van der Waals surface area (Å²) in [6.45, 7) is 4.23. The molecule has 0 radical (unpaired) electrons. The summed E-state index contributed by atoms with van der Waals surface area (Å²) in [4.78, 5) is 30.7. The van der Waals surface area contributed by atoms with Crippen molar-refractivity contribution >= 4 is 11.8 Å². The number of H-pyrrole nitrogens is 1. The van der Waals surface area contributed by atoms with Gasteiger partial charge in [-0.1, -0.05) is 42.5 Å². The Balaban J connectivity index is 1.32. The van der Waals surface area contributed by atoms with Crippen LogP contribution in [0.1, 0.15) is 28.8 Å². The van der Waals surface area contributed by atoms with Crippen molar-refractivity contribution in [2.45, 2.75) is 26.3 Å². The molecule has 0 saturated carbocycles. The van der Waals surface area contributed by atoms with Crippen molar-refractivity contribution in [3.63, 3.8) is 0 Å². The molecule has 0 atom stereocenters. The second-order valence-electron chi connectivity index (χ2n) is 7.95. The highest BCUT2D eigenvalue weighted by molar-refractivity contribution is 5.39. The Morgan fingerprint density at radius 2 is 1.76 bits per heavy atom. The Morgan fingerprint density at radius 1 is 0.909 bits per heavy atom. The average molecular weight is 441 g/mol. The molecule has 33 heavy (non-hydrogen) atoms. The van der Waals surface area contributed by atoms with Crippen LogP contribution in [0.4, 0.5) is 11.8 Å². The molecule has 0 aliphatic heterocycles. The van der Waals surface area contributed by atoms with Gasteiger partial charge in [0.05, 0.1) is 0 Å². The average Bonchev–Trinajstić information content (AvgIpc) is 2.85. The van der Waals surface area contributed by atoms with E-state index in [4.69, 9.17) is 0 Å². The van der Waals surface area contributed by atoms with Crippen molar-refractivity contribution in [1.29, 1.82) is 0 Å². The van der Waals surface area contributed by atoms with Gasteiger partial charge in [0.15, 0.2) is 0 Å². The summed E-state index contributed by atoms with van der Waals surface area (Å²) in [5.41, 5.74) is 3.67. The van der Waals surface area contributed by atoms with Crippen LogP contribution in [0.15, 0.2) is 84.0 Å². The molecule has 3 heterocycles. The maximum Gasteiger partial charge on any atom is 0.255 e. The van der Waals surface area contributed by atoms with Gasteiger partial charge in [0.25, 0.3) is 5.56 Å². The van der Waals surface area contributed by atoms with Gasteiger partial charge in [0.1, 0.15) is 5.82 Å². The quantitative estimate of drug-likeness (QED) is 0.363. The summed E-state index contributed by atoms with van der Waals surface area (Å²) < 4.78 is 0. The van der Waals surface area contributed by atoms with E-state index in [0.29, 0.717) is 24.5 Å². The largest absolute Gasteiger partial charge is 0.356 e. The SMILES string of the molecule is Cc1ccc(Cc2cnc(NCCCN(Cc3ccccc3)c3ccccn3)[nH]c2=O)cn1. The molecule has 7 nitrogen and oxygen atoms in total. The van der Waals surface area contributed by atoms with Crippen molar-refractivity contribution < 1.29 is 0 Å². The molecular weight excluding hydrogens is 412 g/mol. The third-order valence-electron chi connectivity index (χ3n) is 5.33. The molecule has 0 unspecified atom stereocenters. The van der Waals surface area contributed by atoms with Crippen LogP contribution in [0.5, 0.6) is 0 Å². The van der Waals surface area contributed by atoms with Crippen molar-refractivity contribution in [1.82, 2.24) is 19.9 Å². The highest BCUT2D eigenvalue weighted by atomic mass is 16.1. The summed E-state index contributed by atoms with van der Waals surface area (Å²) in [6.07, 6.45) is 6.62. The molecule has 3 aromatic heterocycles. The number of rotatable bonds is 10. The zero-order valence-corrected chi connectivity index (χ0v) is 18.7. The fourth-order valence-corrected chi connectivity index (χ4v) is 3.56. The van der Waals surface area contributed by atoms with Gasteiger partial charge in [-0.2, -0.15) is 0 Å². The third-order valence-corrected chi connectivity index (χ3v) is 5.33. The number of hydrogen-bond acceptors (Lipinski definition) is 6. The van der Waals surface area contributed by atoms with Crippen LogP contribution in [-0.4, -0.2) is 33.0 Å². The number of hydrogen-bond donors (Lipinski definition) is 2. The van der Waals surface area contributed by atoms with Crippen molar-refractivity contribution in [2.75, 3.05) is 23.3 Å². The summed E-state index contributed by atoms with van der Waals surface area (Å²) in [5, 5.41) is 3.23. The molecule has 0 spiro atoms. The molecule has 0 saturated heterocycles. The van der Waals surface area contributed by atoms with Crippen LogP contribution in [0.3, 0.4) is 0 Å². The Labute approximate surface area is 193 Å². The minimum Gasteiger partial charge on any atom is -0.356 e. The first-order chi connectivity index (χ1) is 16.2. The van der Waals surface area contributed by atoms with Crippen molar-refractivity contribution in [3.8, 4) is 0 Å². The van der Waals surface area contributed by atoms with E-state index in [1.165, 1.54) is 5.56 Å². The molecule has 168 valence electrons. The van der Waals surface area contributed by atoms with Crippen molar-refractivity contribution in [3.05, 3.63) is 112 Å². The predicted molar refractivity (Wildman–Crippen MR) is 131 cm³/mol. The maximum atomic E-state index is 12.5. The van der Waals surface area contributed by atoms with E-state index >= 15 is 0 Å². The molecule has 0 amide bonds. The summed E-state index contributed by atoms with van der Waals surface area (Å²) in [5.74, 6) is 1.43. The molecule has 4 rings (SSSR count). The number of aromatic amines is 1. The summed E-state index contributed by atoms with van der Waals surface area (Å²) >= 11 is 0. The normalized spacial score (nSPS) is 10.7. The fraction of sp³-hybridized carbons (Fsp3) is 0.231. The Bertz CT molecular complexity index is 1190. The molecular formula is C26H28N6O. The molecule has 1 aromatic carbocycles. The fourth-order valence-electron chi connectivity index (χ4n) is 3.56. The predicted octanol–water partition coefficient (Wildman–Crippen LogP) is 3.97. The molecule has 0 fully saturated rings. The zero-order chi connectivity index (χ0) is 22.9. The van der Waals surface area contributed by atoms with Gasteiger partial charge in [-0.3, -0.25) is 14.8 Å². The summed E-state index contributed by atoms with van der Waals surface area (Å²) in [6, 6.07) is 20.2. The van der Waals surface area contributed by atoms with E-state index in [1.54, 1.807) is 12.4 Å². The molecule has 0 aliphatic carbocycles. The topological polar surface area (TPSA) is 86.8 Å². The molecule has 4 aromatic rings. The van der Waals surface area contributed by atoms with Crippen LogP contribution < -0.4 is 15.8 Å². The number of aromatic nitrogens is 4. The first kappa shape index (κ1) is 22.2. The number of benzene rings is 1. The van der Waals surface area contributed by atoms with Gasteiger partial charge < -0.3 is 10.2 Å². The number of aryl methyl sites for hydroxylation is 1. The number of anilines is 2. The maximum absolute atomic E-state index is 12.5. The monoisotopic (exact) mass is 440 g/mol. The lowest BCUT2D eigenvalue weighted by Gasteiger charge is -2.24. The lowest BCUT2D eigenvalue weighted by molar-refractivity contribution is 0.735. The second kappa shape index (κ2) is 11.0. The molecule has 0 aliphatic rings. The zero-order valence-electron chi connectivity index (χ0n) is 18.7. The van der Waals surface area contributed by atoms with E-state index in [9.17, 15) is 4.79 Å². The number of pyridine rings is 2. The van der Waals surface area contributed by atoms with E-state index < -0.39 is 0 Å². The Kier molecular flexibility index (Phi) is 7.43. The molecule has 0 bridgehead atoms. The Morgan fingerprint density at radius 3 is 2.48 bits per heavy atom. The smallest absolute Gasteiger partial charge is 0.255 e. The Hall–Kier alpha value is -4.00. The highest BCUT2D eigenvalue weighted by Gasteiger charge is 2.09. The van der Waals surface area contributed by atoms with Gasteiger partial charge >= 0.3 is 0 Å². The van der Waals surface area contributed by atoms with Gasteiger partial charge in [0, 0.05) is 55.9 Å².